The van der Waals surface area contributed by atoms with Crippen LogP contribution in [0.4, 0.5) is 0 Å². The predicted octanol–water partition coefficient (Wildman–Crippen LogP) is 1.93. The van der Waals surface area contributed by atoms with Gasteiger partial charge in [-0.25, -0.2) is 12.7 Å². The van der Waals surface area contributed by atoms with Crippen molar-refractivity contribution in [3.63, 3.8) is 0 Å². The first kappa shape index (κ1) is 16.5. The summed E-state index contributed by atoms with van der Waals surface area (Å²) in [6.07, 6.45) is 4.75. The third kappa shape index (κ3) is 4.12. The summed E-state index contributed by atoms with van der Waals surface area (Å²) >= 11 is 0. The molecule has 0 aromatic heterocycles. The molecule has 0 radical (unpaired) electrons. The number of carbonyl (C=O) groups is 1. The molecule has 5 nitrogen and oxygen atoms in total. The van der Waals surface area contributed by atoms with E-state index >= 15 is 0 Å². The fraction of sp³-hybridized carbons (Fsp3) is 0.588. The van der Waals surface area contributed by atoms with E-state index in [9.17, 15) is 13.2 Å². The minimum atomic E-state index is -3.14. The van der Waals surface area contributed by atoms with E-state index in [2.05, 4.69) is 17.4 Å². The highest BCUT2D eigenvalue weighted by molar-refractivity contribution is 7.88. The lowest BCUT2D eigenvalue weighted by Crippen LogP contribution is -2.43. The molecular weight excluding hydrogens is 312 g/mol. The molecule has 1 N–H and O–H groups in total. The maximum absolute atomic E-state index is 12.6. The van der Waals surface area contributed by atoms with Crippen LogP contribution < -0.4 is 5.32 Å². The van der Waals surface area contributed by atoms with Crippen LogP contribution in [-0.4, -0.2) is 38.0 Å². The maximum atomic E-state index is 12.6. The zero-order valence-corrected chi connectivity index (χ0v) is 14.3. The SMILES string of the molecule is CS(=O)(=O)N1CCC(C(=O)NC(c2ccccc2)C2CC2)CC1. The molecule has 2 aliphatic rings. The molecular formula is C17H24N2O3S. The molecule has 1 aromatic rings. The Kier molecular flexibility index (Phi) is 4.73. The molecule has 23 heavy (non-hydrogen) atoms. The third-order valence-corrected chi connectivity index (χ3v) is 6.15. The van der Waals surface area contributed by atoms with Gasteiger partial charge in [-0.05, 0) is 37.2 Å². The van der Waals surface area contributed by atoms with Crippen LogP contribution in [-0.2, 0) is 14.8 Å². The number of nitrogens with zero attached hydrogens (tertiary/aromatic N) is 1. The Labute approximate surface area is 138 Å². The van der Waals surface area contributed by atoms with Crippen molar-refractivity contribution in [2.45, 2.75) is 31.7 Å². The van der Waals surface area contributed by atoms with Gasteiger partial charge in [0.25, 0.3) is 0 Å². The van der Waals surface area contributed by atoms with Crippen LogP contribution in [0.15, 0.2) is 30.3 Å². The molecule has 0 bridgehead atoms. The molecule has 1 saturated carbocycles. The molecule has 126 valence electrons. The largest absolute Gasteiger partial charge is 0.349 e. The number of piperidine rings is 1. The first-order valence-corrected chi connectivity index (χ1v) is 10.1. The van der Waals surface area contributed by atoms with Gasteiger partial charge in [-0.1, -0.05) is 30.3 Å². The second-order valence-corrected chi connectivity index (χ2v) is 8.65. The molecule has 3 rings (SSSR count). The molecule has 6 heteroatoms. The molecule has 1 aliphatic heterocycles. The van der Waals surface area contributed by atoms with E-state index in [0.29, 0.717) is 31.8 Å². The van der Waals surface area contributed by atoms with Gasteiger partial charge in [0.05, 0.1) is 12.3 Å². The first-order valence-electron chi connectivity index (χ1n) is 8.25. The van der Waals surface area contributed by atoms with E-state index < -0.39 is 10.0 Å². The molecule has 1 unspecified atom stereocenters. The first-order chi connectivity index (χ1) is 10.9. The summed E-state index contributed by atoms with van der Waals surface area (Å²) in [5.41, 5.74) is 1.16. The Morgan fingerprint density at radius 1 is 1.13 bits per heavy atom. The standard InChI is InChI=1S/C17H24N2O3S/c1-23(21,22)19-11-9-15(10-12-19)17(20)18-16(14-7-8-14)13-5-3-2-4-6-13/h2-6,14-16H,7-12H2,1H3,(H,18,20). The van der Waals surface area contributed by atoms with Crippen LogP contribution in [0.1, 0.15) is 37.3 Å². The number of amides is 1. The van der Waals surface area contributed by atoms with Crippen molar-refractivity contribution in [1.82, 2.24) is 9.62 Å². The fourth-order valence-electron chi connectivity index (χ4n) is 3.28. The molecule has 1 aromatic carbocycles. The molecule has 1 saturated heterocycles. The van der Waals surface area contributed by atoms with Crippen molar-refractivity contribution in [2.75, 3.05) is 19.3 Å². The normalized spacial score (nSPS) is 21.8. The van der Waals surface area contributed by atoms with Crippen molar-refractivity contribution in [3.8, 4) is 0 Å². The molecule has 1 atom stereocenters. The lowest BCUT2D eigenvalue weighted by atomic mass is 9.95. The van der Waals surface area contributed by atoms with Gasteiger partial charge < -0.3 is 5.32 Å². The predicted molar refractivity (Wildman–Crippen MR) is 89.2 cm³/mol. The van der Waals surface area contributed by atoms with E-state index in [4.69, 9.17) is 0 Å². The summed E-state index contributed by atoms with van der Waals surface area (Å²) in [6, 6.07) is 10.2. The van der Waals surface area contributed by atoms with Gasteiger partial charge in [0.15, 0.2) is 0 Å². The molecule has 0 spiro atoms. The average molecular weight is 336 g/mol. The van der Waals surface area contributed by atoms with Crippen molar-refractivity contribution in [1.29, 1.82) is 0 Å². The monoisotopic (exact) mass is 336 g/mol. The summed E-state index contributed by atoms with van der Waals surface area (Å²) in [5, 5.41) is 3.21. The topological polar surface area (TPSA) is 66.5 Å². The number of rotatable bonds is 5. The van der Waals surface area contributed by atoms with Crippen LogP contribution in [0.3, 0.4) is 0 Å². The van der Waals surface area contributed by atoms with Crippen LogP contribution in [0.25, 0.3) is 0 Å². The van der Waals surface area contributed by atoms with E-state index in [1.54, 1.807) is 0 Å². The van der Waals surface area contributed by atoms with Gasteiger partial charge in [0.2, 0.25) is 15.9 Å². The second-order valence-electron chi connectivity index (χ2n) is 6.67. The van der Waals surface area contributed by atoms with Gasteiger partial charge in [-0.3, -0.25) is 4.79 Å². The highest BCUT2D eigenvalue weighted by atomic mass is 32.2. The second kappa shape index (κ2) is 6.61. The maximum Gasteiger partial charge on any atom is 0.223 e. The lowest BCUT2D eigenvalue weighted by Gasteiger charge is -2.30. The van der Waals surface area contributed by atoms with Crippen LogP contribution >= 0.6 is 0 Å². The van der Waals surface area contributed by atoms with Crippen molar-refractivity contribution in [2.24, 2.45) is 11.8 Å². The van der Waals surface area contributed by atoms with Crippen LogP contribution in [0, 0.1) is 11.8 Å². The van der Waals surface area contributed by atoms with Gasteiger partial charge in [0, 0.05) is 19.0 Å². The van der Waals surface area contributed by atoms with Gasteiger partial charge in [0.1, 0.15) is 0 Å². The summed E-state index contributed by atoms with van der Waals surface area (Å²) in [4.78, 5) is 12.6. The zero-order valence-electron chi connectivity index (χ0n) is 13.4. The van der Waals surface area contributed by atoms with Gasteiger partial charge in [-0.2, -0.15) is 0 Å². The summed E-state index contributed by atoms with van der Waals surface area (Å²) in [5.74, 6) is 0.523. The van der Waals surface area contributed by atoms with E-state index in [-0.39, 0.29) is 17.9 Å². The molecule has 1 heterocycles. The average Bonchev–Trinajstić information content (AvgIpc) is 3.37. The number of carbonyl (C=O) groups excluding carboxylic acids is 1. The lowest BCUT2D eigenvalue weighted by molar-refractivity contribution is -0.127. The Hall–Kier alpha value is -1.40. The fourth-order valence-corrected chi connectivity index (χ4v) is 4.16. The molecule has 1 aliphatic carbocycles. The Balaban J connectivity index is 1.60. The smallest absolute Gasteiger partial charge is 0.223 e. The number of nitrogens with one attached hydrogen (secondary N) is 1. The summed E-state index contributed by atoms with van der Waals surface area (Å²) < 4.78 is 24.6. The summed E-state index contributed by atoms with van der Waals surface area (Å²) in [7, 11) is -3.14. The van der Waals surface area contributed by atoms with E-state index in [1.807, 2.05) is 18.2 Å². The molecule has 2 fully saturated rings. The van der Waals surface area contributed by atoms with E-state index in [1.165, 1.54) is 10.6 Å². The minimum Gasteiger partial charge on any atom is -0.349 e. The van der Waals surface area contributed by atoms with Crippen LogP contribution in [0.2, 0.25) is 0 Å². The highest BCUT2D eigenvalue weighted by Gasteiger charge is 2.36. The van der Waals surface area contributed by atoms with Crippen molar-refractivity contribution in [3.05, 3.63) is 35.9 Å². The summed E-state index contributed by atoms with van der Waals surface area (Å²) in [6.45, 7) is 0.882. The van der Waals surface area contributed by atoms with Crippen molar-refractivity contribution < 1.29 is 13.2 Å². The van der Waals surface area contributed by atoms with Crippen molar-refractivity contribution >= 4 is 15.9 Å². The number of hydrogen-bond acceptors (Lipinski definition) is 3. The zero-order chi connectivity index (χ0) is 16.4. The number of hydrogen-bond donors (Lipinski definition) is 1. The Bertz CT molecular complexity index is 648. The van der Waals surface area contributed by atoms with Crippen LogP contribution in [0.5, 0.6) is 0 Å². The molecule has 1 amide bonds. The van der Waals surface area contributed by atoms with Gasteiger partial charge in [-0.15, -0.1) is 0 Å². The quantitative estimate of drug-likeness (QED) is 0.893. The van der Waals surface area contributed by atoms with E-state index in [0.717, 1.165) is 18.4 Å². The van der Waals surface area contributed by atoms with Gasteiger partial charge >= 0.3 is 0 Å². The highest BCUT2D eigenvalue weighted by Crippen LogP contribution is 2.41. The Morgan fingerprint density at radius 2 is 1.74 bits per heavy atom. The number of benzene rings is 1. The minimum absolute atomic E-state index is 0.0684. The Morgan fingerprint density at radius 3 is 2.26 bits per heavy atom. The third-order valence-electron chi connectivity index (χ3n) is 4.84. The number of sulfonamides is 1.